The second-order valence-corrected chi connectivity index (χ2v) is 5.67. The summed E-state index contributed by atoms with van der Waals surface area (Å²) in [4.78, 5) is 0. The van der Waals surface area contributed by atoms with Gasteiger partial charge < -0.3 is 5.11 Å². The maximum atomic E-state index is 12.5. The number of halogens is 2. The maximum Gasteiger partial charge on any atom is 0.263 e. The average Bonchev–Trinajstić information content (AvgIpc) is 2.45. The third kappa shape index (κ3) is 2.98. The molecule has 0 amide bonds. The zero-order valence-corrected chi connectivity index (χ0v) is 11.7. The lowest BCUT2D eigenvalue weighted by atomic mass is 9.79. The van der Waals surface area contributed by atoms with Crippen LogP contribution in [-0.2, 0) is 0 Å². The first kappa shape index (κ1) is 14.2. The number of hydrogen-bond donors (Lipinski definition) is 1. The molecule has 1 unspecified atom stereocenters. The van der Waals surface area contributed by atoms with Crippen molar-refractivity contribution in [3.8, 4) is 0 Å². The summed E-state index contributed by atoms with van der Waals surface area (Å²) in [6.45, 7) is 0. The van der Waals surface area contributed by atoms with E-state index in [0.29, 0.717) is 11.5 Å². The van der Waals surface area contributed by atoms with Crippen LogP contribution in [0.5, 0.6) is 0 Å². The Bertz CT molecular complexity index is 603. The predicted molar refractivity (Wildman–Crippen MR) is 78.5 cm³/mol. The first-order valence-electron chi connectivity index (χ1n) is 7.31. The zero-order valence-electron chi connectivity index (χ0n) is 11.7. The highest BCUT2D eigenvalue weighted by molar-refractivity contribution is 5.35. The molecule has 0 saturated heterocycles. The van der Waals surface area contributed by atoms with E-state index in [9.17, 15) is 13.9 Å². The summed E-state index contributed by atoms with van der Waals surface area (Å²) in [7, 11) is 0. The molecule has 1 atom stereocenters. The van der Waals surface area contributed by atoms with Crippen molar-refractivity contribution in [3.05, 3.63) is 70.8 Å². The number of rotatable bonds is 4. The van der Waals surface area contributed by atoms with Gasteiger partial charge in [-0.05, 0) is 35.4 Å². The number of hydrogen-bond acceptors (Lipinski definition) is 1. The lowest BCUT2D eigenvalue weighted by molar-refractivity contribution is 0.151. The van der Waals surface area contributed by atoms with Gasteiger partial charge in [0.05, 0.1) is 0 Å². The van der Waals surface area contributed by atoms with Crippen molar-refractivity contribution < 1.29 is 13.9 Å². The van der Waals surface area contributed by atoms with E-state index in [4.69, 9.17) is 0 Å². The molecule has 0 aromatic heterocycles. The van der Waals surface area contributed by atoms with Gasteiger partial charge in [0.1, 0.15) is 6.10 Å². The van der Waals surface area contributed by atoms with E-state index in [1.165, 1.54) is 37.0 Å². The monoisotopic (exact) mass is 288 g/mol. The standard InChI is InChI=1S/C18H18F2O/c19-18(20)14-9-7-13(8-10-14)17(21)16-6-2-5-15(11-16)12-3-1-4-12/h2,5-12,17-18,21H,1,3-4H2. The van der Waals surface area contributed by atoms with Crippen LogP contribution in [0.2, 0.25) is 0 Å². The first-order valence-corrected chi connectivity index (χ1v) is 7.31. The summed E-state index contributed by atoms with van der Waals surface area (Å²) >= 11 is 0. The van der Waals surface area contributed by atoms with Gasteiger partial charge in [-0.3, -0.25) is 0 Å². The second-order valence-electron chi connectivity index (χ2n) is 5.67. The Morgan fingerprint density at radius 3 is 2.14 bits per heavy atom. The highest BCUT2D eigenvalue weighted by atomic mass is 19.3. The molecule has 3 heteroatoms. The molecule has 1 fully saturated rings. The van der Waals surface area contributed by atoms with Crippen LogP contribution in [0.15, 0.2) is 48.5 Å². The predicted octanol–water partition coefficient (Wildman–Crippen LogP) is 4.97. The van der Waals surface area contributed by atoms with Gasteiger partial charge in [0.25, 0.3) is 6.43 Å². The first-order chi connectivity index (χ1) is 10.1. The fourth-order valence-electron chi connectivity index (χ4n) is 2.74. The van der Waals surface area contributed by atoms with Crippen LogP contribution in [0.1, 0.15) is 60.0 Å². The summed E-state index contributed by atoms with van der Waals surface area (Å²) in [5.41, 5.74) is 2.71. The molecule has 1 aliphatic rings. The molecule has 2 aromatic rings. The molecule has 0 bridgehead atoms. The number of alkyl halides is 2. The molecule has 1 saturated carbocycles. The molecule has 1 nitrogen and oxygen atoms in total. The Morgan fingerprint density at radius 2 is 1.57 bits per heavy atom. The van der Waals surface area contributed by atoms with Gasteiger partial charge in [0.2, 0.25) is 0 Å². The minimum Gasteiger partial charge on any atom is -0.384 e. The fraction of sp³-hybridized carbons (Fsp3) is 0.333. The van der Waals surface area contributed by atoms with Crippen molar-refractivity contribution in [1.29, 1.82) is 0 Å². The molecule has 3 rings (SSSR count). The minimum absolute atomic E-state index is 0.0193. The topological polar surface area (TPSA) is 20.2 Å². The molecule has 1 aliphatic carbocycles. The fourth-order valence-corrected chi connectivity index (χ4v) is 2.74. The molecule has 2 aromatic carbocycles. The zero-order chi connectivity index (χ0) is 14.8. The van der Waals surface area contributed by atoms with Gasteiger partial charge in [0, 0.05) is 5.56 Å². The van der Waals surface area contributed by atoms with E-state index >= 15 is 0 Å². The van der Waals surface area contributed by atoms with Gasteiger partial charge >= 0.3 is 0 Å². The van der Waals surface area contributed by atoms with Crippen molar-refractivity contribution in [2.45, 2.75) is 37.7 Å². The summed E-state index contributed by atoms with van der Waals surface area (Å²) in [5, 5.41) is 10.4. The molecule has 110 valence electrons. The second kappa shape index (κ2) is 5.94. The smallest absolute Gasteiger partial charge is 0.263 e. The molecule has 0 spiro atoms. The van der Waals surface area contributed by atoms with Crippen molar-refractivity contribution in [1.82, 2.24) is 0 Å². The number of benzene rings is 2. The lowest BCUT2D eigenvalue weighted by Gasteiger charge is -2.26. The minimum atomic E-state index is -2.47. The van der Waals surface area contributed by atoms with E-state index in [-0.39, 0.29) is 5.56 Å². The molecule has 21 heavy (non-hydrogen) atoms. The number of aliphatic hydroxyl groups is 1. The van der Waals surface area contributed by atoms with Crippen LogP contribution in [0.3, 0.4) is 0 Å². The average molecular weight is 288 g/mol. The third-order valence-corrected chi connectivity index (χ3v) is 4.31. The van der Waals surface area contributed by atoms with E-state index in [1.54, 1.807) is 12.1 Å². The maximum absolute atomic E-state index is 12.5. The van der Waals surface area contributed by atoms with Crippen LogP contribution >= 0.6 is 0 Å². The molecule has 0 aliphatic heterocycles. The highest BCUT2D eigenvalue weighted by Crippen LogP contribution is 2.37. The Kier molecular flexibility index (Phi) is 4.02. The van der Waals surface area contributed by atoms with Crippen molar-refractivity contribution in [2.24, 2.45) is 0 Å². The Hall–Kier alpha value is -1.74. The third-order valence-electron chi connectivity index (χ3n) is 4.31. The van der Waals surface area contributed by atoms with Crippen LogP contribution in [-0.4, -0.2) is 5.11 Å². The van der Waals surface area contributed by atoms with Gasteiger partial charge in [-0.15, -0.1) is 0 Å². The van der Waals surface area contributed by atoms with E-state index in [2.05, 4.69) is 6.07 Å². The van der Waals surface area contributed by atoms with Gasteiger partial charge in [-0.2, -0.15) is 0 Å². The summed E-state index contributed by atoms with van der Waals surface area (Å²) < 4.78 is 25.1. The SMILES string of the molecule is OC(c1ccc(C(F)F)cc1)c1cccc(C2CCC2)c1. The number of aliphatic hydroxyl groups excluding tert-OH is 1. The Morgan fingerprint density at radius 1 is 0.905 bits per heavy atom. The van der Waals surface area contributed by atoms with E-state index < -0.39 is 12.5 Å². The highest BCUT2D eigenvalue weighted by Gasteiger charge is 2.20. The molecule has 0 heterocycles. The lowest BCUT2D eigenvalue weighted by Crippen LogP contribution is -2.09. The largest absolute Gasteiger partial charge is 0.384 e. The van der Waals surface area contributed by atoms with E-state index in [0.717, 1.165) is 5.56 Å². The molecular weight excluding hydrogens is 270 g/mol. The van der Waals surface area contributed by atoms with Crippen molar-refractivity contribution in [3.63, 3.8) is 0 Å². The summed E-state index contributed by atoms with van der Waals surface area (Å²) in [6.07, 6.45) is 0.451. The Balaban J connectivity index is 1.82. The summed E-state index contributed by atoms with van der Waals surface area (Å²) in [5.74, 6) is 0.610. The normalized spacial score (nSPS) is 16.8. The van der Waals surface area contributed by atoms with Crippen LogP contribution in [0.25, 0.3) is 0 Å². The summed E-state index contributed by atoms with van der Waals surface area (Å²) in [6, 6.07) is 13.9. The molecule has 0 radical (unpaired) electrons. The van der Waals surface area contributed by atoms with Crippen molar-refractivity contribution >= 4 is 0 Å². The van der Waals surface area contributed by atoms with Crippen LogP contribution < -0.4 is 0 Å². The van der Waals surface area contributed by atoms with Crippen molar-refractivity contribution in [2.75, 3.05) is 0 Å². The Labute approximate surface area is 123 Å². The molecule has 1 N–H and O–H groups in total. The van der Waals surface area contributed by atoms with Gasteiger partial charge in [-0.1, -0.05) is 55.0 Å². The van der Waals surface area contributed by atoms with Gasteiger partial charge in [-0.25, -0.2) is 8.78 Å². The van der Waals surface area contributed by atoms with Gasteiger partial charge in [0.15, 0.2) is 0 Å². The van der Waals surface area contributed by atoms with Crippen LogP contribution in [0, 0.1) is 0 Å². The quantitative estimate of drug-likeness (QED) is 0.841. The van der Waals surface area contributed by atoms with Crippen LogP contribution in [0.4, 0.5) is 8.78 Å². The molecular formula is C18H18F2O. The van der Waals surface area contributed by atoms with E-state index in [1.807, 2.05) is 18.2 Å².